The molecule has 1 rings (SSSR count). The molecule has 1 N–H and O–H groups in total. The van der Waals surface area contributed by atoms with E-state index in [1.54, 1.807) is 24.3 Å². The van der Waals surface area contributed by atoms with Gasteiger partial charge in [0.05, 0.1) is 15.7 Å². The molecule has 0 aromatic heterocycles. The highest BCUT2D eigenvalue weighted by molar-refractivity contribution is 7.10. The van der Waals surface area contributed by atoms with Crippen LogP contribution in [-0.4, -0.2) is 11.4 Å². The topological polar surface area (TPSA) is 41.8 Å². The summed E-state index contributed by atoms with van der Waals surface area (Å²) in [5.74, 6) is 0.755. The predicted octanol–water partition coefficient (Wildman–Crippen LogP) is 1.66. The van der Waals surface area contributed by atoms with Gasteiger partial charge < -0.3 is 9.73 Å². The standard InChI is InChI=1S/C7H8NO2P/c9-8-5-6-1-3-7(10-11)4-2-6/h1-5,9H,11H2/b8-5+. The third-order valence-corrected chi connectivity index (χ3v) is 1.50. The van der Waals surface area contributed by atoms with Crippen LogP contribution in [0, 0.1) is 0 Å². The maximum Gasteiger partial charge on any atom is 0.122 e. The summed E-state index contributed by atoms with van der Waals surface area (Å²) in [7, 11) is 2.15. The smallest absolute Gasteiger partial charge is 0.122 e. The zero-order valence-electron chi connectivity index (χ0n) is 5.77. The first-order valence-electron chi connectivity index (χ1n) is 3.01. The second-order valence-electron chi connectivity index (χ2n) is 1.93. The summed E-state index contributed by atoms with van der Waals surface area (Å²) in [5.41, 5.74) is 0.832. The summed E-state index contributed by atoms with van der Waals surface area (Å²) >= 11 is 0. The molecule has 1 atom stereocenters. The van der Waals surface area contributed by atoms with Crippen molar-refractivity contribution in [2.75, 3.05) is 0 Å². The molecule has 0 amide bonds. The van der Waals surface area contributed by atoms with Crippen LogP contribution < -0.4 is 4.52 Å². The maximum absolute atomic E-state index is 8.18. The Hall–Kier alpha value is -1.08. The molecule has 0 radical (unpaired) electrons. The lowest BCUT2D eigenvalue weighted by Gasteiger charge is -1.97. The fourth-order valence-corrected chi connectivity index (χ4v) is 0.856. The number of hydrogen-bond acceptors (Lipinski definition) is 3. The lowest BCUT2D eigenvalue weighted by Crippen LogP contribution is -1.80. The Morgan fingerprint density at radius 1 is 1.36 bits per heavy atom. The zero-order chi connectivity index (χ0) is 8.10. The molecule has 0 bridgehead atoms. The highest BCUT2D eigenvalue weighted by Crippen LogP contribution is 2.12. The summed E-state index contributed by atoms with van der Waals surface area (Å²) in [6.07, 6.45) is 1.35. The fourth-order valence-electron chi connectivity index (χ4n) is 0.699. The van der Waals surface area contributed by atoms with Crippen LogP contribution >= 0.6 is 9.47 Å². The first-order valence-corrected chi connectivity index (χ1v) is 3.48. The van der Waals surface area contributed by atoms with Gasteiger partial charge >= 0.3 is 0 Å². The molecule has 0 fully saturated rings. The van der Waals surface area contributed by atoms with Gasteiger partial charge in [0.2, 0.25) is 0 Å². The molecular weight excluding hydrogens is 161 g/mol. The Morgan fingerprint density at radius 3 is 2.45 bits per heavy atom. The van der Waals surface area contributed by atoms with Gasteiger partial charge in [-0.15, -0.1) is 0 Å². The van der Waals surface area contributed by atoms with Crippen LogP contribution in [0.2, 0.25) is 0 Å². The molecule has 0 spiro atoms. The molecule has 4 heteroatoms. The average molecular weight is 169 g/mol. The third kappa shape index (κ3) is 2.20. The maximum atomic E-state index is 8.18. The minimum Gasteiger partial charge on any atom is -0.480 e. The van der Waals surface area contributed by atoms with Crippen LogP contribution in [0.5, 0.6) is 5.75 Å². The summed E-state index contributed by atoms with van der Waals surface area (Å²) < 4.78 is 4.86. The van der Waals surface area contributed by atoms with Crippen LogP contribution in [0.25, 0.3) is 0 Å². The second kappa shape index (κ2) is 3.94. The van der Waals surface area contributed by atoms with Crippen molar-refractivity contribution in [1.29, 1.82) is 0 Å². The van der Waals surface area contributed by atoms with Gasteiger partial charge in [0.15, 0.2) is 0 Å². The molecule has 0 saturated heterocycles. The molecule has 3 nitrogen and oxygen atoms in total. The summed E-state index contributed by atoms with van der Waals surface area (Å²) in [4.78, 5) is 0. The van der Waals surface area contributed by atoms with E-state index in [4.69, 9.17) is 9.73 Å². The summed E-state index contributed by atoms with van der Waals surface area (Å²) in [6, 6.07) is 7.15. The van der Waals surface area contributed by atoms with Gasteiger partial charge in [-0.2, -0.15) is 0 Å². The normalized spacial score (nSPS) is 10.3. The fraction of sp³-hybridized carbons (Fsp3) is 0. The Labute approximate surface area is 67.0 Å². The van der Waals surface area contributed by atoms with Crippen LogP contribution in [-0.2, 0) is 0 Å². The van der Waals surface area contributed by atoms with Gasteiger partial charge in [-0.3, -0.25) is 0 Å². The van der Waals surface area contributed by atoms with Crippen molar-refractivity contribution in [1.82, 2.24) is 0 Å². The minimum absolute atomic E-state index is 0.755. The largest absolute Gasteiger partial charge is 0.480 e. The third-order valence-electron chi connectivity index (χ3n) is 1.22. The molecule has 0 saturated carbocycles. The number of rotatable bonds is 2. The van der Waals surface area contributed by atoms with Gasteiger partial charge in [0.1, 0.15) is 5.75 Å². The van der Waals surface area contributed by atoms with Gasteiger partial charge in [-0.05, 0) is 29.8 Å². The van der Waals surface area contributed by atoms with E-state index in [1.165, 1.54) is 6.21 Å². The number of nitrogens with zero attached hydrogens (tertiary/aromatic N) is 1. The van der Waals surface area contributed by atoms with E-state index >= 15 is 0 Å². The molecule has 0 heterocycles. The molecule has 0 aliphatic heterocycles. The van der Waals surface area contributed by atoms with Crippen molar-refractivity contribution in [3.63, 3.8) is 0 Å². The first-order chi connectivity index (χ1) is 5.36. The van der Waals surface area contributed by atoms with Crippen molar-refractivity contribution in [2.45, 2.75) is 0 Å². The Morgan fingerprint density at radius 2 is 2.00 bits per heavy atom. The van der Waals surface area contributed by atoms with E-state index in [0.29, 0.717) is 0 Å². The van der Waals surface area contributed by atoms with Crippen molar-refractivity contribution in [3.05, 3.63) is 29.8 Å². The minimum atomic E-state index is 0.755. The van der Waals surface area contributed by atoms with Crippen molar-refractivity contribution in [2.24, 2.45) is 5.16 Å². The second-order valence-corrected chi connectivity index (χ2v) is 2.17. The van der Waals surface area contributed by atoms with Crippen LogP contribution in [0.15, 0.2) is 29.4 Å². The van der Waals surface area contributed by atoms with Gasteiger partial charge in [-0.25, -0.2) is 0 Å². The van der Waals surface area contributed by atoms with Crippen molar-refractivity contribution < 1.29 is 9.73 Å². The molecule has 1 aromatic carbocycles. The molecule has 0 aliphatic rings. The molecule has 1 aromatic rings. The van der Waals surface area contributed by atoms with E-state index in [-0.39, 0.29) is 0 Å². The molecule has 58 valence electrons. The van der Waals surface area contributed by atoms with Crippen molar-refractivity contribution in [3.8, 4) is 5.75 Å². The molecule has 11 heavy (non-hydrogen) atoms. The van der Waals surface area contributed by atoms with E-state index in [0.717, 1.165) is 11.3 Å². The summed E-state index contributed by atoms with van der Waals surface area (Å²) in [6.45, 7) is 0. The number of benzene rings is 1. The van der Waals surface area contributed by atoms with Crippen LogP contribution in [0.3, 0.4) is 0 Å². The highest BCUT2D eigenvalue weighted by atomic mass is 31.0. The number of hydrogen-bond donors (Lipinski definition) is 1. The van der Waals surface area contributed by atoms with Gasteiger partial charge in [-0.1, -0.05) is 5.16 Å². The van der Waals surface area contributed by atoms with E-state index in [1.807, 2.05) is 0 Å². The van der Waals surface area contributed by atoms with E-state index in [2.05, 4.69) is 14.6 Å². The summed E-state index contributed by atoms with van der Waals surface area (Å²) in [5, 5.41) is 11.1. The van der Waals surface area contributed by atoms with Gasteiger partial charge in [0, 0.05) is 0 Å². The monoisotopic (exact) mass is 169 g/mol. The zero-order valence-corrected chi connectivity index (χ0v) is 6.92. The molecule has 1 unspecified atom stereocenters. The van der Waals surface area contributed by atoms with E-state index < -0.39 is 0 Å². The van der Waals surface area contributed by atoms with Gasteiger partial charge in [0.25, 0.3) is 0 Å². The lowest BCUT2D eigenvalue weighted by atomic mass is 10.2. The highest BCUT2D eigenvalue weighted by Gasteiger charge is 1.89. The Bertz CT molecular complexity index is 245. The Kier molecular flexibility index (Phi) is 2.87. The number of oxime groups is 1. The SMILES string of the molecule is O/N=C/c1ccc(OP)cc1. The van der Waals surface area contributed by atoms with Crippen LogP contribution in [0.1, 0.15) is 5.56 Å². The van der Waals surface area contributed by atoms with E-state index in [9.17, 15) is 0 Å². The van der Waals surface area contributed by atoms with Crippen LogP contribution in [0.4, 0.5) is 0 Å². The lowest BCUT2D eigenvalue weighted by molar-refractivity contribution is 0.322. The first kappa shape index (κ1) is 8.02. The predicted molar refractivity (Wildman–Crippen MR) is 46.2 cm³/mol. The molecule has 0 aliphatic carbocycles. The quantitative estimate of drug-likeness (QED) is 0.316. The average Bonchev–Trinajstić information content (AvgIpc) is 2.07. The molecular formula is C7H8NO2P. The van der Waals surface area contributed by atoms with Crippen molar-refractivity contribution >= 4 is 15.7 Å². The Balaban J connectivity index is 2.82.